The molecule has 0 amide bonds. The Morgan fingerprint density at radius 2 is 1.25 bits per heavy atom. The molecule has 0 radical (unpaired) electrons. The van der Waals surface area contributed by atoms with E-state index in [0.29, 0.717) is 0 Å². The number of rotatable bonds is 2. The van der Waals surface area contributed by atoms with Crippen molar-refractivity contribution in [1.82, 2.24) is 4.98 Å². The second kappa shape index (κ2) is 7.81. The molecule has 1 aliphatic rings. The predicted octanol–water partition coefficient (Wildman–Crippen LogP) is 9.90. The zero-order valence-corrected chi connectivity index (χ0v) is 20.8. The summed E-state index contributed by atoms with van der Waals surface area (Å²) in [5, 5.41) is 5.31. The van der Waals surface area contributed by atoms with Crippen LogP contribution < -0.4 is 0 Å². The topological polar surface area (TPSA) is 15.8 Å². The van der Waals surface area contributed by atoms with Gasteiger partial charge >= 0.3 is 0 Å². The predicted molar refractivity (Wildman–Crippen MR) is 156 cm³/mol. The number of thiophene rings is 1. The van der Waals surface area contributed by atoms with Gasteiger partial charge in [0.1, 0.15) is 0 Å². The molecular formula is C34H25NS. The van der Waals surface area contributed by atoms with Gasteiger partial charge in [-0.05, 0) is 89.4 Å². The summed E-state index contributed by atoms with van der Waals surface area (Å²) < 4.78 is 2.72. The van der Waals surface area contributed by atoms with Gasteiger partial charge in [0, 0.05) is 42.0 Å². The van der Waals surface area contributed by atoms with Crippen LogP contribution in [-0.2, 0) is 12.8 Å². The molecule has 8 rings (SSSR count). The Labute approximate surface area is 214 Å². The molecule has 36 heavy (non-hydrogen) atoms. The van der Waals surface area contributed by atoms with Crippen LogP contribution in [0.25, 0.3) is 64.2 Å². The minimum atomic E-state index is 1.20. The van der Waals surface area contributed by atoms with Gasteiger partial charge in [0.15, 0.2) is 0 Å². The molecule has 0 saturated carbocycles. The van der Waals surface area contributed by atoms with Crippen LogP contribution in [0.3, 0.4) is 0 Å². The van der Waals surface area contributed by atoms with Crippen molar-refractivity contribution in [3.8, 4) is 22.3 Å². The van der Waals surface area contributed by atoms with Gasteiger partial charge in [0.2, 0.25) is 0 Å². The molecule has 0 atom stereocenters. The Hall–Kier alpha value is -3.88. The molecule has 0 bridgehead atoms. The average molecular weight is 480 g/mol. The zero-order valence-electron chi connectivity index (χ0n) is 20.0. The fourth-order valence-electron chi connectivity index (χ4n) is 6.26. The quantitative estimate of drug-likeness (QED) is 0.254. The third-order valence-corrected chi connectivity index (χ3v) is 9.24. The first kappa shape index (κ1) is 20.3. The molecule has 2 heterocycles. The number of nitrogens with one attached hydrogen (secondary N) is 1. The maximum absolute atomic E-state index is 3.66. The monoisotopic (exact) mass is 479 g/mol. The zero-order chi connectivity index (χ0) is 23.6. The van der Waals surface area contributed by atoms with Crippen LogP contribution in [0.4, 0.5) is 0 Å². The molecule has 5 aromatic carbocycles. The van der Waals surface area contributed by atoms with E-state index >= 15 is 0 Å². The first-order valence-corrected chi connectivity index (χ1v) is 13.7. The summed E-state index contributed by atoms with van der Waals surface area (Å²) in [6, 6.07) is 36.2. The van der Waals surface area contributed by atoms with Crippen molar-refractivity contribution in [2.75, 3.05) is 0 Å². The number of aromatic amines is 1. The van der Waals surface area contributed by atoms with Gasteiger partial charge in [-0.2, -0.15) is 0 Å². The van der Waals surface area contributed by atoms with E-state index in [0.717, 1.165) is 0 Å². The molecule has 2 heteroatoms. The largest absolute Gasteiger partial charge is 0.355 e. The van der Waals surface area contributed by atoms with E-state index in [1.165, 1.54) is 95.5 Å². The first-order chi connectivity index (χ1) is 17.8. The number of aromatic nitrogens is 1. The minimum absolute atomic E-state index is 1.20. The Balaban J connectivity index is 1.33. The van der Waals surface area contributed by atoms with E-state index in [1.807, 2.05) is 11.3 Å². The molecule has 1 aliphatic carbocycles. The maximum atomic E-state index is 3.66. The van der Waals surface area contributed by atoms with E-state index < -0.39 is 0 Å². The van der Waals surface area contributed by atoms with Gasteiger partial charge in [0.25, 0.3) is 0 Å². The minimum Gasteiger partial charge on any atom is -0.355 e. The molecule has 0 aliphatic heterocycles. The van der Waals surface area contributed by atoms with Crippen molar-refractivity contribution in [3.63, 3.8) is 0 Å². The highest BCUT2D eigenvalue weighted by molar-refractivity contribution is 7.26. The summed E-state index contributed by atoms with van der Waals surface area (Å²) in [6.45, 7) is 0. The second-order valence-corrected chi connectivity index (χ2v) is 11.1. The fraction of sp³-hybridized carbons (Fsp3) is 0.118. The lowest BCUT2D eigenvalue weighted by Gasteiger charge is -2.19. The molecule has 0 saturated heterocycles. The summed E-state index contributed by atoms with van der Waals surface area (Å²) in [7, 11) is 0. The summed E-state index contributed by atoms with van der Waals surface area (Å²) in [5.74, 6) is 0. The van der Waals surface area contributed by atoms with Gasteiger partial charge in [0.05, 0.1) is 0 Å². The van der Waals surface area contributed by atoms with E-state index in [4.69, 9.17) is 0 Å². The van der Waals surface area contributed by atoms with Crippen molar-refractivity contribution in [2.45, 2.75) is 25.7 Å². The van der Waals surface area contributed by atoms with Crippen molar-refractivity contribution < 1.29 is 0 Å². The maximum Gasteiger partial charge on any atom is 0.0465 e. The lowest BCUT2D eigenvalue weighted by molar-refractivity contribution is 0.687. The molecule has 2 aromatic heterocycles. The van der Waals surface area contributed by atoms with E-state index in [9.17, 15) is 0 Å². The van der Waals surface area contributed by atoms with Gasteiger partial charge in [-0.25, -0.2) is 0 Å². The van der Waals surface area contributed by atoms with Gasteiger partial charge in [-0.3, -0.25) is 0 Å². The van der Waals surface area contributed by atoms with Crippen molar-refractivity contribution >= 4 is 53.3 Å². The van der Waals surface area contributed by atoms with Gasteiger partial charge in [-0.1, -0.05) is 66.7 Å². The number of benzene rings is 5. The van der Waals surface area contributed by atoms with Gasteiger partial charge in [-0.15, -0.1) is 11.3 Å². The van der Waals surface area contributed by atoms with Crippen molar-refractivity contribution in [3.05, 3.63) is 108 Å². The molecular weight excluding hydrogens is 454 g/mol. The average Bonchev–Trinajstić information content (AvgIpc) is 3.50. The Morgan fingerprint density at radius 1 is 0.556 bits per heavy atom. The van der Waals surface area contributed by atoms with Crippen LogP contribution in [0.15, 0.2) is 97.1 Å². The summed E-state index contributed by atoms with van der Waals surface area (Å²) in [4.78, 5) is 3.66. The van der Waals surface area contributed by atoms with Crippen LogP contribution >= 0.6 is 11.3 Å². The van der Waals surface area contributed by atoms with Crippen LogP contribution in [0.2, 0.25) is 0 Å². The third-order valence-electron chi connectivity index (χ3n) is 8.02. The lowest BCUT2D eigenvalue weighted by Crippen LogP contribution is -2.04. The third kappa shape index (κ3) is 3.01. The highest BCUT2D eigenvalue weighted by Crippen LogP contribution is 2.41. The Morgan fingerprint density at radius 3 is 2.11 bits per heavy atom. The van der Waals surface area contributed by atoms with Gasteiger partial charge < -0.3 is 4.98 Å². The molecule has 7 aromatic rings. The molecule has 0 fully saturated rings. The van der Waals surface area contributed by atoms with Crippen LogP contribution in [0.5, 0.6) is 0 Å². The Kier molecular flexibility index (Phi) is 4.41. The normalized spacial score (nSPS) is 13.7. The highest BCUT2D eigenvalue weighted by Gasteiger charge is 2.16. The van der Waals surface area contributed by atoms with Crippen LogP contribution in [0.1, 0.15) is 24.0 Å². The number of fused-ring (bicyclic) bond motifs is 7. The highest BCUT2D eigenvalue weighted by atomic mass is 32.1. The van der Waals surface area contributed by atoms with E-state index in [2.05, 4.69) is 102 Å². The number of aryl methyl sites for hydroxylation is 1. The van der Waals surface area contributed by atoms with E-state index in [1.54, 1.807) is 5.56 Å². The summed E-state index contributed by atoms with van der Waals surface area (Å²) >= 11 is 1.90. The molecule has 172 valence electrons. The molecule has 1 nitrogen and oxygen atoms in total. The van der Waals surface area contributed by atoms with Crippen molar-refractivity contribution in [2.24, 2.45) is 0 Å². The van der Waals surface area contributed by atoms with Crippen molar-refractivity contribution in [1.29, 1.82) is 0 Å². The number of hydrogen-bond acceptors (Lipinski definition) is 1. The molecule has 0 unspecified atom stereocenters. The molecule has 1 N–H and O–H groups in total. The second-order valence-electron chi connectivity index (χ2n) is 10.1. The first-order valence-electron chi connectivity index (χ1n) is 12.9. The summed E-state index contributed by atoms with van der Waals surface area (Å²) in [5.41, 5.74) is 10.8. The van der Waals surface area contributed by atoms with Crippen LogP contribution in [-0.4, -0.2) is 4.98 Å². The lowest BCUT2D eigenvalue weighted by atomic mass is 9.85. The van der Waals surface area contributed by atoms with E-state index in [-0.39, 0.29) is 0 Å². The standard InChI is InChI=1S/C34H25NS/c1-2-9-24-21(7-1)8-5-11-25(24)22-15-17-31-29(19-22)30-20-23(16-18-32(30)35-31)26-12-6-13-28-27-10-3-4-14-33(27)36-34(26)28/h3-6,8,10-20,35H,1-2,7,9H2. The number of hydrogen-bond donors (Lipinski definition) is 1. The fourth-order valence-corrected chi connectivity index (χ4v) is 7.50. The number of H-pyrrole nitrogens is 1. The summed E-state index contributed by atoms with van der Waals surface area (Å²) in [6.07, 6.45) is 5.02. The molecule has 0 spiro atoms. The SMILES string of the molecule is c1cc2c(c(-c3ccc4[nH]c5ccc(-c6cccc7c6sc6ccccc67)cc5c4c3)c1)CCCC2. The smallest absolute Gasteiger partial charge is 0.0465 e. The van der Waals surface area contributed by atoms with Crippen LogP contribution in [0, 0.1) is 0 Å². The Bertz CT molecular complexity index is 1950.